The van der Waals surface area contributed by atoms with Crippen LogP contribution in [0.15, 0.2) is 36.7 Å². The third-order valence-corrected chi connectivity index (χ3v) is 5.08. The Kier molecular flexibility index (Phi) is 6.25. The second-order valence-electron chi connectivity index (χ2n) is 6.80. The van der Waals surface area contributed by atoms with Gasteiger partial charge in [-0.05, 0) is 38.4 Å². The fourth-order valence-corrected chi connectivity index (χ4v) is 3.80. The summed E-state index contributed by atoms with van der Waals surface area (Å²) in [6.45, 7) is 5.08. The van der Waals surface area contributed by atoms with E-state index >= 15 is 0 Å². The van der Waals surface area contributed by atoms with Crippen LogP contribution in [0.5, 0.6) is 0 Å². The second kappa shape index (κ2) is 8.02. The maximum Gasteiger partial charge on any atom is 0.244 e. The van der Waals surface area contributed by atoms with Crippen LogP contribution < -0.4 is 5.32 Å². The Morgan fingerprint density at radius 3 is 2.68 bits per heavy atom. The maximum absolute atomic E-state index is 13.1. The van der Waals surface area contributed by atoms with Crippen LogP contribution in [0.25, 0.3) is 0 Å². The second-order valence-corrected chi connectivity index (χ2v) is 6.80. The number of nitrogens with one attached hydrogen (secondary N) is 1. The number of aromatic nitrogens is 2. The van der Waals surface area contributed by atoms with Crippen molar-refractivity contribution in [3.63, 3.8) is 0 Å². The molecule has 1 fully saturated rings. The molecule has 1 saturated heterocycles. The van der Waals surface area contributed by atoms with Gasteiger partial charge in [0.1, 0.15) is 6.04 Å². The first-order valence-electron chi connectivity index (χ1n) is 8.53. The predicted molar refractivity (Wildman–Crippen MR) is 102 cm³/mol. The molecular weight excluding hydrogens is 336 g/mol. The Balaban J connectivity index is 0.00000225. The number of rotatable bonds is 4. The number of likely N-dealkylation sites (tertiary alicyclic amines) is 1. The molecule has 136 valence electrons. The van der Waals surface area contributed by atoms with E-state index in [-0.39, 0.29) is 30.4 Å². The van der Waals surface area contributed by atoms with Crippen molar-refractivity contribution in [2.24, 2.45) is 7.05 Å². The molecule has 0 bridgehead atoms. The first kappa shape index (κ1) is 19.5. The van der Waals surface area contributed by atoms with Crippen LogP contribution in [0.3, 0.4) is 0 Å². The average molecular weight is 363 g/mol. The molecule has 1 aromatic heterocycles. The van der Waals surface area contributed by atoms with Crippen LogP contribution in [-0.2, 0) is 11.8 Å². The van der Waals surface area contributed by atoms with Gasteiger partial charge in [-0.15, -0.1) is 12.4 Å². The van der Waals surface area contributed by atoms with Crippen molar-refractivity contribution in [3.8, 4) is 0 Å². The van der Waals surface area contributed by atoms with Gasteiger partial charge in [0.15, 0.2) is 0 Å². The van der Waals surface area contributed by atoms with Crippen LogP contribution in [0.4, 0.5) is 0 Å². The molecule has 0 saturated carbocycles. The number of benzene rings is 1. The number of carbonyl (C=O) groups is 1. The molecule has 1 N–H and O–H groups in total. The molecule has 1 aliphatic rings. The van der Waals surface area contributed by atoms with Crippen LogP contribution in [-0.4, -0.2) is 40.2 Å². The molecule has 2 aromatic rings. The van der Waals surface area contributed by atoms with Gasteiger partial charge >= 0.3 is 0 Å². The van der Waals surface area contributed by atoms with Gasteiger partial charge in [0.2, 0.25) is 5.91 Å². The molecule has 3 unspecified atom stereocenters. The minimum absolute atomic E-state index is 0. The van der Waals surface area contributed by atoms with Gasteiger partial charge in [-0.1, -0.05) is 24.3 Å². The summed E-state index contributed by atoms with van der Waals surface area (Å²) >= 11 is 0. The number of hydrogen-bond acceptors (Lipinski definition) is 3. The topological polar surface area (TPSA) is 50.2 Å². The molecule has 1 aliphatic heterocycles. The zero-order chi connectivity index (χ0) is 17.3. The molecular formula is C19H27ClN4O. The molecule has 3 rings (SSSR count). The molecule has 3 atom stereocenters. The zero-order valence-corrected chi connectivity index (χ0v) is 16.1. The third kappa shape index (κ3) is 3.88. The minimum atomic E-state index is -0.336. The number of likely N-dealkylation sites (N-methyl/N-ethyl adjacent to an activating group) is 1. The number of hydrogen-bond donors (Lipinski definition) is 1. The molecule has 0 spiro atoms. The van der Waals surface area contributed by atoms with Crippen molar-refractivity contribution in [1.29, 1.82) is 0 Å². The van der Waals surface area contributed by atoms with Gasteiger partial charge in [-0.25, -0.2) is 0 Å². The highest BCUT2D eigenvalue weighted by atomic mass is 35.5. The SMILES string of the molecule is CNC(C(=O)N1CC(c2ccccc2C)CC1C)c1cnn(C)c1.Cl. The normalized spacial score (nSPS) is 21.0. The Morgan fingerprint density at radius 1 is 1.36 bits per heavy atom. The van der Waals surface area contributed by atoms with Gasteiger partial charge in [-0.3, -0.25) is 9.48 Å². The lowest BCUT2D eigenvalue weighted by atomic mass is 9.93. The van der Waals surface area contributed by atoms with E-state index in [1.54, 1.807) is 10.9 Å². The summed E-state index contributed by atoms with van der Waals surface area (Å²) < 4.78 is 1.73. The summed E-state index contributed by atoms with van der Waals surface area (Å²) in [7, 11) is 3.70. The first-order chi connectivity index (χ1) is 11.5. The molecule has 2 heterocycles. The average Bonchev–Trinajstić information content (AvgIpc) is 3.14. The van der Waals surface area contributed by atoms with Crippen molar-refractivity contribution < 1.29 is 4.79 Å². The van der Waals surface area contributed by atoms with Crippen molar-refractivity contribution in [2.75, 3.05) is 13.6 Å². The van der Waals surface area contributed by atoms with Gasteiger partial charge in [0, 0.05) is 37.3 Å². The first-order valence-corrected chi connectivity index (χ1v) is 8.53. The van der Waals surface area contributed by atoms with E-state index in [0.717, 1.165) is 18.5 Å². The highest BCUT2D eigenvalue weighted by Crippen LogP contribution is 2.34. The molecule has 1 amide bonds. The number of aryl methyl sites for hydroxylation is 2. The highest BCUT2D eigenvalue weighted by molar-refractivity contribution is 5.85. The van der Waals surface area contributed by atoms with Crippen molar-refractivity contribution in [2.45, 2.75) is 38.3 Å². The van der Waals surface area contributed by atoms with E-state index in [1.807, 2.05) is 25.2 Å². The Morgan fingerprint density at radius 2 is 2.08 bits per heavy atom. The van der Waals surface area contributed by atoms with Crippen molar-refractivity contribution in [3.05, 3.63) is 53.3 Å². The third-order valence-electron chi connectivity index (χ3n) is 5.08. The fourth-order valence-electron chi connectivity index (χ4n) is 3.80. The van der Waals surface area contributed by atoms with Crippen LogP contribution >= 0.6 is 12.4 Å². The summed E-state index contributed by atoms with van der Waals surface area (Å²) in [6.07, 6.45) is 4.68. The largest absolute Gasteiger partial charge is 0.338 e. The number of carbonyl (C=O) groups excluding carboxylic acids is 1. The standard InChI is InChI=1S/C19H26N4O.ClH/c1-13-7-5-6-8-17(13)15-9-14(2)23(12-15)19(24)18(20-3)16-10-21-22(4)11-16;/h5-8,10-11,14-15,18,20H,9,12H2,1-4H3;1H. The summed E-state index contributed by atoms with van der Waals surface area (Å²) in [5.74, 6) is 0.547. The lowest BCUT2D eigenvalue weighted by Gasteiger charge is -2.26. The smallest absolute Gasteiger partial charge is 0.244 e. The van der Waals surface area contributed by atoms with E-state index in [9.17, 15) is 4.79 Å². The van der Waals surface area contributed by atoms with E-state index < -0.39 is 0 Å². The van der Waals surface area contributed by atoms with Crippen LogP contribution in [0, 0.1) is 6.92 Å². The van der Waals surface area contributed by atoms with Gasteiger partial charge < -0.3 is 10.2 Å². The lowest BCUT2D eigenvalue weighted by molar-refractivity contribution is -0.134. The van der Waals surface area contributed by atoms with Gasteiger partial charge in [0.05, 0.1) is 6.20 Å². The lowest BCUT2D eigenvalue weighted by Crippen LogP contribution is -2.41. The molecule has 6 heteroatoms. The van der Waals surface area contributed by atoms with Crippen LogP contribution in [0.1, 0.15) is 42.0 Å². The van der Waals surface area contributed by atoms with E-state index in [0.29, 0.717) is 5.92 Å². The fraction of sp³-hybridized carbons (Fsp3) is 0.474. The minimum Gasteiger partial charge on any atom is -0.338 e. The molecule has 5 nitrogen and oxygen atoms in total. The number of amides is 1. The van der Waals surface area contributed by atoms with E-state index in [2.05, 4.69) is 48.5 Å². The zero-order valence-electron chi connectivity index (χ0n) is 15.3. The van der Waals surface area contributed by atoms with Crippen LogP contribution in [0.2, 0.25) is 0 Å². The molecule has 1 aromatic carbocycles. The summed E-state index contributed by atoms with van der Waals surface area (Å²) in [5, 5.41) is 7.34. The molecule has 0 radical (unpaired) electrons. The Hall–Kier alpha value is -1.85. The summed E-state index contributed by atoms with van der Waals surface area (Å²) in [6, 6.07) is 8.41. The van der Waals surface area contributed by atoms with Gasteiger partial charge in [-0.2, -0.15) is 5.10 Å². The Labute approximate surface area is 155 Å². The van der Waals surface area contributed by atoms with Crippen molar-refractivity contribution in [1.82, 2.24) is 20.0 Å². The van der Waals surface area contributed by atoms with E-state index in [4.69, 9.17) is 0 Å². The number of halogens is 1. The van der Waals surface area contributed by atoms with Crippen molar-refractivity contribution >= 4 is 18.3 Å². The monoisotopic (exact) mass is 362 g/mol. The molecule has 25 heavy (non-hydrogen) atoms. The maximum atomic E-state index is 13.1. The van der Waals surface area contributed by atoms with E-state index in [1.165, 1.54) is 11.1 Å². The highest BCUT2D eigenvalue weighted by Gasteiger charge is 2.37. The number of nitrogens with zero attached hydrogens (tertiary/aromatic N) is 3. The Bertz CT molecular complexity index is 730. The molecule has 0 aliphatic carbocycles. The predicted octanol–water partition coefficient (Wildman–Crippen LogP) is 2.82. The quantitative estimate of drug-likeness (QED) is 0.909. The summed E-state index contributed by atoms with van der Waals surface area (Å²) in [4.78, 5) is 15.1. The summed E-state index contributed by atoms with van der Waals surface area (Å²) in [5.41, 5.74) is 3.58. The van der Waals surface area contributed by atoms with Gasteiger partial charge in [0.25, 0.3) is 0 Å².